The molecule has 7 nitrogen and oxygen atoms in total. The quantitative estimate of drug-likeness (QED) is 0.824. The summed E-state index contributed by atoms with van der Waals surface area (Å²) >= 11 is 5.99. The first-order chi connectivity index (χ1) is 10.1. The fourth-order valence-corrected chi connectivity index (χ4v) is 2.52. The molecule has 1 atom stereocenters. The van der Waals surface area contributed by atoms with Crippen molar-refractivity contribution < 1.29 is 4.39 Å². The Kier molecular flexibility index (Phi) is 3.70. The van der Waals surface area contributed by atoms with Gasteiger partial charge in [-0.3, -0.25) is 4.79 Å². The van der Waals surface area contributed by atoms with Crippen LogP contribution in [0.3, 0.4) is 0 Å². The van der Waals surface area contributed by atoms with Gasteiger partial charge in [0.15, 0.2) is 0 Å². The van der Waals surface area contributed by atoms with Gasteiger partial charge in [-0.05, 0) is 6.42 Å². The normalized spacial score (nSPS) is 18.0. The average molecular weight is 311 g/mol. The Morgan fingerprint density at radius 2 is 2.33 bits per heavy atom. The molecule has 0 radical (unpaired) electrons. The molecule has 3 heterocycles. The van der Waals surface area contributed by atoms with Crippen LogP contribution in [0.15, 0.2) is 23.4 Å². The van der Waals surface area contributed by atoms with Gasteiger partial charge in [-0.2, -0.15) is 9.49 Å². The Morgan fingerprint density at radius 1 is 1.48 bits per heavy atom. The lowest BCUT2D eigenvalue weighted by atomic mass is 10.2. The van der Waals surface area contributed by atoms with Crippen LogP contribution in [-0.4, -0.2) is 39.3 Å². The van der Waals surface area contributed by atoms with Crippen LogP contribution >= 0.6 is 11.6 Å². The van der Waals surface area contributed by atoms with Gasteiger partial charge in [-0.25, -0.2) is 15.1 Å². The second kappa shape index (κ2) is 5.65. The van der Waals surface area contributed by atoms with Crippen LogP contribution in [0.2, 0.25) is 5.02 Å². The van der Waals surface area contributed by atoms with Gasteiger partial charge in [0.25, 0.3) is 5.56 Å². The number of nitrogens with one attached hydrogen (secondary N) is 2. The fraction of sp³-hybridized carbons (Fsp3) is 0.333. The molecule has 0 aliphatic carbocycles. The lowest BCUT2D eigenvalue weighted by Gasteiger charge is -2.19. The molecule has 110 valence electrons. The van der Waals surface area contributed by atoms with E-state index in [0.717, 1.165) is 13.0 Å². The third-order valence-electron chi connectivity index (χ3n) is 3.29. The number of aromatic amines is 1. The van der Waals surface area contributed by atoms with Crippen LogP contribution in [0, 0.1) is 5.95 Å². The third kappa shape index (κ3) is 2.94. The summed E-state index contributed by atoms with van der Waals surface area (Å²) in [7, 11) is 0. The van der Waals surface area contributed by atoms with Crippen LogP contribution in [0.25, 0.3) is 0 Å². The van der Waals surface area contributed by atoms with E-state index in [1.165, 1.54) is 18.6 Å². The molecule has 0 aromatic carbocycles. The Balaban J connectivity index is 1.71. The molecule has 0 amide bonds. The second-order valence-electron chi connectivity index (χ2n) is 4.70. The largest absolute Gasteiger partial charge is 0.367 e. The van der Waals surface area contributed by atoms with Crippen LogP contribution in [-0.2, 0) is 0 Å². The minimum absolute atomic E-state index is 0.0784. The van der Waals surface area contributed by atoms with E-state index in [4.69, 9.17) is 11.6 Å². The zero-order valence-corrected chi connectivity index (χ0v) is 11.6. The lowest BCUT2D eigenvalue weighted by Crippen LogP contribution is -2.28. The highest BCUT2D eigenvalue weighted by atomic mass is 35.5. The van der Waals surface area contributed by atoms with E-state index in [0.29, 0.717) is 18.1 Å². The van der Waals surface area contributed by atoms with Crippen molar-refractivity contribution in [1.29, 1.82) is 0 Å². The summed E-state index contributed by atoms with van der Waals surface area (Å²) in [6.07, 6.45) is 3.51. The molecule has 2 aromatic heterocycles. The Bertz CT molecular complexity index is 708. The molecule has 1 aliphatic heterocycles. The monoisotopic (exact) mass is 310 g/mol. The number of aromatic nitrogens is 4. The molecule has 0 spiro atoms. The first-order valence-electron chi connectivity index (χ1n) is 6.35. The van der Waals surface area contributed by atoms with Gasteiger partial charge in [-0.15, -0.1) is 0 Å². The minimum Gasteiger partial charge on any atom is -0.367 e. The standard InChI is InChI=1S/C12H12ClFN6O/c13-11-8(4-17-19-12(11)21)20-2-1-7(5-20)18-10-3-9(14)15-6-16-10/h3-4,6-7H,1-2,5H2,(H,19,21)(H,15,16,18). The van der Waals surface area contributed by atoms with Crippen LogP contribution in [0.5, 0.6) is 0 Å². The predicted molar refractivity (Wildman–Crippen MR) is 76.1 cm³/mol. The van der Waals surface area contributed by atoms with E-state index in [2.05, 4.69) is 25.5 Å². The Morgan fingerprint density at radius 3 is 3.14 bits per heavy atom. The summed E-state index contributed by atoms with van der Waals surface area (Å²) < 4.78 is 13.0. The van der Waals surface area contributed by atoms with Crippen molar-refractivity contribution in [3.63, 3.8) is 0 Å². The number of halogens is 2. The first-order valence-corrected chi connectivity index (χ1v) is 6.73. The van der Waals surface area contributed by atoms with E-state index in [1.807, 2.05) is 4.90 Å². The molecular formula is C12H12ClFN6O. The van der Waals surface area contributed by atoms with Crippen molar-refractivity contribution in [3.8, 4) is 0 Å². The number of H-pyrrole nitrogens is 1. The van der Waals surface area contributed by atoms with Crippen LogP contribution in [0.4, 0.5) is 15.9 Å². The van der Waals surface area contributed by atoms with Crippen molar-refractivity contribution in [2.45, 2.75) is 12.5 Å². The van der Waals surface area contributed by atoms with E-state index >= 15 is 0 Å². The van der Waals surface area contributed by atoms with Crippen LogP contribution in [0.1, 0.15) is 6.42 Å². The van der Waals surface area contributed by atoms with Gasteiger partial charge in [-0.1, -0.05) is 11.6 Å². The zero-order valence-electron chi connectivity index (χ0n) is 10.9. The number of anilines is 2. The molecule has 0 saturated carbocycles. The highest BCUT2D eigenvalue weighted by Crippen LogP contribution is 2.25. The maximum atomic E-state index is 13.0. The van der Waals surface area contributed by atoms with Gasteiger partial charge in [0.1, 0.15) is 17.2 Å². The highest BCUT2D eigenvalue weighted by Gasteiger charge is 2.25. The lowest BCUT2D eigenvalue weighted by molar-refractivity contribution is 0.579. The summed E-state index contributed by atoms with van der Waals surface area (Å²) in [5, 5.41) is 9.30. The average Bonchev–Trinajstić information content (AvgIpc) is 2.90. The smallest absolute Gasteiger partial charge is 0.285 e. The SMILES string of the molecule is O=c1[nH]ncc(N2CCC(Nc3cc(F)ncn3)C2)c1Cl. The van der Waals surface area contributed by atoms with Gasteiger partial charge >= 0.3 is 0 Å². The molecular weight excluding hydrogens is 299 g/mol. The molecule has 3 rings (SSSR count). The summed E-state index contributed by atoms with van der Waals surface area (Å²) in [6.45, 7) is 1.34. The van der Waals surface area contributed by atoms with Crippen molar-refractivity contribution >= 4 is 23.1 Å². The molecule has 0 bridgehead atoms. The summed E-state index contributed by atoms with van der Waals surface area (Å²) in [5.74, 6) is -0.145. The second-order valence-corrected chi connectivity index (χ2v) is 5.08. The van der Waals surface area contributed by atoms with Gasteiger partial charge in [0.2, 0.25) is 5.95 Å². The van der Waals surface area contributed by atoms with Gasteiger partial charge < -0.3 is 10.2 Å². The van der Waals surface area contributed by atoms with E-state index < -0.39 is 11.5 Å². The van der Waals surface area contributed by atoms with Crippen LogP contribution < -0.4 is 15.8 Å². The topological polar surface area (TPSA) is 86.8 Å². The predicted octanol–water partition coefficient (Wildman–Crippen LogP) is 1.04. The van der Waals surface area contributed by atoms with Crippen molar-refractivity contribution in [1.82, 2.24) is 20.2 Å². The summed E-state index contributed by atoms with van der Waals surface area (Å²) in [6, 6.07) is 1.32. The zero-order chi connectivity index (χ0) is 14.8. The molecule has 1 unspecified atom stereocenters. The molecule has 21 heavy (non-hydrogen) atoms. The molecule has 1 aliphatic rings. The minimum atomic E-state index is -0.579. The highest BCUT2D eigenvalue weighted by molar-refractivity contribution is 6.33. The molecule has 2 aromatic rings. The summed E-state index contributed by atoms with van der Waals surface area (Å²) in [5.41, 5.74) is 0.182. The van der Waals surface area contributed by atoms with Crippen molar-refractivity contribution in [3.05, 3.63) is 39.9 Å². The van der Waals surface area contributed by atoms with E-state index in [1.54, 1.807) is 0 Å². The van der Waals surface area contributed by atoms with E-state index in [-0.39, 0.29) is 11.1 Å². The van der Waals surface area contributed by atoms with Gasteiger partial charge in [0.05, 0.1) is 11.9 Å². The Labute approximate surface area is 124 Å². The first kappa shape index (κ1) is 13.7. The Hall–Kier alpha value is -2.22. The third-order valence-corrected chi connectivity index (χ3v) is 3.66. The molecule has 1 fully saturated rings. The number of nitrogens with zero attached hydrogens (tertiary/aromatic N) is 4. The number of hydrogen-bond acceptors (Lipinski definition) is 6. The molecule has 2 N–H and O–H groups in total. The maximum Gasteiger partial charge on any atom is 0.285 e. The molecule has 9 heteroatoms. The van der Waals surface area contributed by atoms with Crippen molar-refractivity contribution in [2.75, 3.05) is 23.3 Å². The maximum absolute atomic E-state index is 13.0. The van der Waals surface area contributed by atoms with Gasteiger partial charge in [0, 0.05) is 25.2 Å². The molecule has 1 saturated heterocycles. The van der Waals surface area contributed by atoms with Crippen molar-refractivity contribution in [2.24, 2.45) is 0 Å². The summed E-state index contributed by atoms with van der Waals surface area (Å²) in [4.78, 5) is 20.8. The van der Waals surface area contributed by atoms with E-state index in [9.17, 15) is 9.18 Å². The fourth-order valence-electron chi connectivity index (χ4n) is 2.31. The number of hydrogen-bond donors (Lipinski definition) is 2. The number of rotatable bonds is 3.